The zero-order chi connectivity index (χ0) is 16.8. The topological polar surface area (TPSA) is 87.7 Å². The van der Waals surface area contributed by atoms with Crippen LogP contribution < -0.4 is 10.6 Å². The molecule has 0 aliphatic carbocycles. The van der Waals surface area contributed by atoms with Crippen molar-refractivity contribution >= 4 is 17.9 Å². The molecule has 1 aliphatic heterocycles. The Bertz CT molecular complexity index is 410. The van der Waals surface area contributed by atoms with Crippen LogP contribution in [0.5, 0.6) is 0 Å². The molecule has 2 N–H and O–H groups in total. The SMILES string of the molecule is CCNC(=O)CNC(=O)C1CCN(C(=O)OC(C)(C)C)CC1. The van der Waals surface area contributed by atoms with Gasteiger partial charge < -0.3 is 20.3 Å². The molecule has 0 saturated carbocycles. The third-order valence-electron chi connectivity index (χ3n) is 3.31. The molecule has 0 spiro atoms. The summed E-state index contributed by atoms with van der Waals surface area (Å²) in [6.07, 6.45) is 0.828. The van der Waals surface area contributed by atoms with Crippen molar-refractivity contribution in [2.75, 3.05) is 26.2 Å². The highest BCUT2D eigenvalue weighted by Crippen LogP contribution is 2.19. The monoisotopic (exact) mass is 313 g/mol. The maximum atomic E-state index is 12.0. The predicted molar refractivity (Wildman–Crippen MR) is 82.2 cm³/mol. The van der Waals surface area contributed by atoms with Crippen molar-refractivity contribution in [3.05, 3.63) is 0 Å². The standard InChI is InChI=1S/C15H27N3O4/c1-5-16-12(19)10-17-13(20)11-6-8-18(9-7-11)14(21)22-15(2,3)4/h11H,5-10H2,1-4H3,(H,16,19)(H,17,20). The third kappa shape index (κ3) is 6.32. The Labute approximate surface area is 131 Å². The van der Waals surface area contributed by atoms with Gasteiger partial charge in [-0.25, -0.2) is 4.79 Å². The summed E-state index contributed by atoms with van der Waals surface area (Å²) in [4.78, 5) is 36.8. The number of likely N-dealkylation sites (N-methyl/N-ethyl adjacent to an activating group) is 1. The molecular weight excluding hydrogens is 286 g/mol. The highest BCUT2D eigenvalue weighted by atomic mass is 16.6. The molecule has 0 aromatic rings. The Morgan fingerprint density at radius 1 is 1.14 bits per heavy atom. The molecule has 1 saturated heterocycles. The van der Waals surface area contributed by atoms with E-state index in [4.69, 9.17) is 4.74 Å². The minimum atomic E-state index is -0.516. The maximum absolute atomic E-state index is 12.0. The van der Waals surface area contributed by atoms with Gasteiger partial charge in [0.05, 0.1) is 6.54 Å². The summed E-state index contributed by atoms with van der Waals surface area (Å²) in [5.74, 6) is -0.481. The Morgan fingerprint density at radius 3 is 2.23 bits per heavy atom. The number of likely N-dealkylation sites (tertiary alicyclic amines) is 1. The first-order chi connectivity index (χ1) is 10.2. The molecule has 22 heavy (non-hydrogen) atoms. The largest absolute Gasteiger partial charge is 0.444 e. The number of carbonyl (C=O) groups excluding carboxylic acids is 3. The fourth-order valence-corrected chi connectivity index (χ4v) is 2.22. The van der Waals surface area contributed by atoms with Gasteiger partial charge in [-0.1, -0.05) is 0 Å². The van der Waals surface area contributed by atoms with Crippen LogP contribution in [-0.2, 0) is 14.3 Å². The highest BCUT2D eigenvalue weighted by molar-refractivity contribution is 5.85. The smallest absolute Gasteiger partial charge is 0.410 e. The van der Waals surface area contributed by atoms with Gasteiger partial charge in [-0.05, 0) is 40.5 Å². The van der Waals surface area contributed by atoms with Gasteiger partial charge in [0.1, 0.15) is 5.60 Å². The Balaban J connectivity index is 2.34. The van der Waals surface area contributed by atoms with Crippen LogP contribution in [0.1, 0.15) is 40.5 Å². The lowest BCUT2D eigenvalue weighted by Gasteiger charge is -2.32. The summed E-state index contributed by atoms with van der Waals surface area (Å²) in [6, 6.07) is 0. The molecule has 126 valence electrons. The number of carbonyl (C=O) groups is 3. The summed E-state index contributed by atoms with van der Waals surface area (Å²) < 4.78 is 5.31. The van der Waals surface area contributed by atoms with Crippen molar-refractivity contribution in [1.82, 2.24) is 15.5 Å². The van der Waals surface area contributed by atoms with Crippen molar-refractivity contribution in [2.24, 2.45) is 5.92 Å². The van der Waals surface area contributed by atoms with Gasteiger partial charge in [-0.15, -0.1) is 0 Å². The van der Waals surface area contributed by atoms with E-state index in [1.165, 1.54) is 0 Å². The van der Waals surface area contributed by atoms with Crippen LogP contribution in [0.4, 0.5) is 4.79 Å². The van der Waals surface area contributed by atoms with E-state index in [1.54, 1.807) is 4.90 Å². The van der Waals surface area contributed by atoms with Crippen molar-refractivity contribution in [1.29, 1.82) is 0 Å². The first kappa shape index (κ1) is 18.3. The van der Waals surface area contributed by atoms with E-state index in [9.17, 15) is 14.4 Å². The van der Waals surface area contributed by atoms with Gasteiger partial charge in [0.15, 0.2) is 0 Å². The van der Waals surface area contributed by atoms with Crippen LogP contribution in [0.25, 0.3) is 0 Å². The van der Waals surface area contributed by atoms with Crippen LogP contribution in [0, 0.1) is 5.92 Å². The summed E-state index contributed by atoms with van der Waals surface area (Å²) in [5, 5.41) is 5.26. The molecule has 1 rings (SSSR count). The molecule has 0 unspecified atom stereocenters. The zero-order valence-corrected chi connectivity index (χ0v) is 13.9. The van der Waals surface area contributed by atoms with E-state index in [2.05, 4.69) is 10.6 Å². The summed E-state index contributed by atoms with van der Waals surface area (Å²) in [7, 11) is 0. The lowest BCUT2D eigenvalue weighted by atomic mass is 9.96. The average molecular weight is 313 g/mol. The van der Waals surface area contributed by atoms with Gasteiger partial charge in [0.25, 0.3) is 0 Å². The molecule has 0 bridgehead atoms. The van der Waals surface area contributed by atoms with Gasteiger partial charge in [-0.2, -0.15) is 0 Å². The minimum absolute atomic E-state index is 0.00104. The number of ether oxygens (including phenoxy) is 1. The number of nitrogens with zero attached hydrogens (tertiary/aromatic N) is 1. The van der Waals surface area contributed by atoms with Crippen LogP contribution in [-0.4, -0.2) is 54.6 Å². The Hall–Kier alpha value is -1.79. The van der Waals surface area contributed by atoms with Gasteiger partial charge in [0.2, 0.25) is 11.8 Å². The number of hydrogen-bond donors (Lipinski definition) is 2. The molecule has 1 fully saturated rings. The van der Waals surface area contributed by atoms with Gasteiger partial charge in [-0.3, -0.25) is 9.59 Å². The average Bonchev–Trinajstić information content (AvgIpc) is 2.43. The fourth-order valence-electron chi connectivity index (χ4n) is 2.22. The molecule has 1 heterocycles. The first-order valence-corrected chi connectivity index (χ1v) is 7.75. The molecule has 7 nitrogen and oxygen atoms in total. The maximum Gasteiger partial charge on any atom is 0.410 e. The number of nitrogens with one attached hydrogen (secondary N) is 2. The second kappa shape index (κ2) is 8.00. The molecule has 3 amide bonds. The van der Waals surface area contributed by atoms with Crippen LogP contribution in [0.2, 0.25) is 0 Å². The molecule has 1 aliphatic rings. The van der Waals surface area contributed by atoms with Gasteiger partial charge in [0, 0.05) is 25.6 Å². The number of rotatable bonds is 4. The predicted octanol–water partition coefficient (Wildman–Crippen LogP) is 0.886. The van der Waals surface area contributed by atoms with E-state index in [0.717, 1.165) is 0 Å². The van der Waals surface area contributed by atoms with Crippen molar-refractivity contribution < 1.29 is 19.1 Å². The molecule has 0 aromatic carbocycles. The van der Waals surface area contributed by atoms with Crippen molar-refractivity contribution in [2.45, 2.75) is 46.1 Å². The molecule has 0 aromatic heterocycles. The molecular formula is C15H27N3O4. The van der Waals surface area contributed by atoms with Gasteiger partial charge >= 0.3 is 6.09 Å². The lowest BCUT2D eigenvalue weighted by molar-refractivity contribution is -0.129. The number of amides is 3. The van der Waals surface area contributed by atoms with Crippen LogP contribution >= 0.6 is 0 Å². The lowest BCUT2D eigenvalue weighted by Crippen LogP contribution is -2.46. The van der Waals surface area contributed by atoms with E-state index < -0.39 is 5.60 Å². The first-order valence-electron chi connectivity index (χ1n) is 7.75. The van der Waals surface area contributed by atoms with Crippen molar-refractivity contribution in [3.8, 4) is 0 Å². The molecule has 0 radical (unpaired) electrons. The van der Waals surface area contributed by atoms with E-state index >= 15 is 0 Å². The van der Waals surface area contributed by atoms with Crippen LogP contribution in [0.3, 0.4) is 0 Å². The van der Waals surface area contributed by atoms with E-state index in [1.807, 2.05) is 27.7 Å². The number of hydrogen-bond acceptors (Lipinski definition) is 4. The fraction of sp³-hybridized carbons (Fsp3) is 0.800. The normalized spacial score (nSPS) is 16.1. The minimum Gasteiger partial charge on any atom is -0.444 e. The van der Waals surface area contributed by atoms with E-state index in [0.29, 0.717) is 32.5 Å². The zero-order valence-electron chi connectivity index (χ0n) is 13.9. The van der Waals surface area contributed by atoms with Crippen LogP contribution in [0.15, 0.2) is 0 Å². The third-order valence-corrected chi connectivity index (χ3v) is 3.31. The summed E-state index contributed by atoms with van der Waals surface area (Å²) in [6.45, 7) is 8.84. The number of piperidine rings is 1. The Morgan fingerprint density at radius 2 is 1.73 bits per heavy atom. The molecule has 7 heteroatoms. The van der Waals surface area contributed by atoms with Crippen molar-refractivity contribution in [3.63, 3.8) is 0 Å². The summed E-state index contributed by atoms with van der Waals surface area (Å²) >= 11 is 0. The quantitative estimate of drug-likeness (QED) is 0.807. The summed E-state index contributed by atoms with van der Waals surface area (Å²) in [5.41, 5.74) is -0.516. The molecule has 0 atom stereocenters. The highest BCUT2D eigenvalue weighted by Gasteiger charge is 2.29. The van der Waals surface area contributed by atoms with E-state index in [-0.39, 0.29) is 30.4 Å². The second-order valence-corrected chi connectivity index (χ2v) is 6.41. The second-order valence-electron chi connectivity index (χ2n) is 6.41. The Kier molecular flexibility index (Phi) is 6.64.